The van der Waals surface area contributed by atoms with Gasteiger partial charge in [-0.2, -0.15) is 0 Å². The van der Waals surface area contributed by atoms with Crippen LogP contribution in [0.1, 0.15) is 17.4 Å². The Kier molecular flexibility index (Phi) is 3.35. The zero-order valence-electron chi connectivity index (χ0n) is 11.2. The molecule has 3 heteroatoms. The summed E-state index contributed by atoms with van der Waals surface area (Å²) in [6.07, 6.45) is -0.731. The molecule has 20 heavy (non-hydrogen) atoms. The fourth-order valence-corrected chi connectivity index (χ4v) is 2.19. The van der Waals surface area contributed by atoms with Gasteiger partial charge >= 0.3 is 0 Å². The molecule has 0 amide bonds. The van der Waals surface area contributed by atoms with Crippen molar-refractivity contribution in [3.05, 3.63) is 71.9 Å². The summed E-state index contributed by atoms with van der Waals surface area (Å²) in [6, 6.07) is 19.1. The van der Waals surface area contributed by atoms with Gasteiger partial charge in [-0.05, 0) is 29.8 Å². The van der Waals surface area contributed by atoms with Gasteiger partial charge in [0.1, 0.15) is 11.9 Å². The van der Waals surface area contributed by atoms with Crippen molar-refractivity contribution in [3.8, 4) is 5.75 Å². The number of hydrogen-bond donors (Lipinski definition) is 1. The molecular weight excluding hydrogens is 250 g/mol. The number of aliphatic hydroxyl groups is 1. The Hall–Kier alpha value is -2.39. The Labute approximate surface area is 117 Å². The number of methoxy groups -OCH3 is 1. The van der Waals surface area contributed by atoms with Crippen molar-refractivity contribution < 1.29 is 9.84 Å². The Bertz CT molecular complexity index is 722. The van der Waals surface area contributed by atoms with Gasteiger partial charge in [0, 0.05) is 5.39 Å². The van der Waals surface area contributed by atoms with E-state index in [0.717, 1.165) is 22.2 Å². The van der Waals surface area contributed by atoms with E-state index in [4.69, 9.17) is 4.74 Å². The van der Waals surface area contributed by atoms with Gasteiger partial charge in [-0.1, -0.05) is 36.4 Å². The minimum absolute atomic E-state index is 0.647. The SMILES string of the molecule is COc1ccc([C@@H](O)c2ccc3ccccc3n2)cc1. The molecule has 0 unspecified atom stereocenters. The van der Waals surface area contributed by atoms with Gasteiger partial charge in [0.2, 0.25) is 0 Å². The average molecular weight is 265 g/mol. The van der Waals surface area contributed by atoms with Crippen LogP contribution in [0.5, 0.6) is 5.75 Å². The number of nitrogens with zero attached hydrogens (tertiary/aromatic N) is 1. The molecule has 0 saturated carbocycles. The molecule has 0 bridgehead atoms. The summed E-state index contributed by atoms with van der Waals surface area (Å²) in [7, 11) is 1.62. The van der Waals surface area contributed by atoms with E-state index in [-0.39, 0.29) is 0 Å². The summed E-state index contributed by atoms with van der Waals surface area (Å²) >= 11 is 0. The highest BCUT2D eigenvalue weighted by Crippen LogP contribution is 2.24. The van der Waals surface area contributed by atoms with Crippen molar-refractivity contribution in [2.75, 3.05) is 7.11 Å². The number of ether oxygens (including phenoxy) is 1. The fourth-order valence-electron chi connectivity index (χ4n) is 2.19. The van der Waals surface area contributed by atoms with E-state index in [1.807, 2.05) is 60.7 Å². The first-order valence-corrected chi connectivity index (χ1v) is 6.45. The van der Waals surface area contributed by atoms with Crippen molar-refractivity contribution in [3.63, 3.8) is 0 Å². The van der Waals surface area contributed by atoms with Crippen LogP contribution in [0.4, 0.5) is 0 Å². The number of pyridine rings is 1. The number of aliphatic hydroxyl groups excluding tert-OH is 1. The zero-order chi connectivity index (χ0) is 13.9. The van der Waals surface area contributed by atoms with E-state index in [1.165, 1.54) is 0 Å². The lowest BCUT2D eigenvalue weighted by Crippen LogP contribution is -2.02. The second-order valence-corrected chi connectivity index (χ2v) is 4.60. The highest BCUT2D eigenvalue weighted by molar-refractivity contribution is 5.78. The Morgan fingerprint density at radius 1 is 0.950 bits per heavy atom. The molecule has 0 spiro atoms. The maximum atomic E-state index is 10.4. The molecule has 0 fully saturated rings. The van der Waals surface area contributed by atoms with Crippen LogP contribution in [0.2, 0.25) is 0 Å². The molecule has 0 saturated heterocycles. The number of aromatic nitrogens is 1. The standard InChI is InChI=1S/C17H15NO2/c1-20-14-9-6-13(7-10-14)17(19)16-11-8-12-4-2-3-5-15(12)18-16/h2-11,17,19H,1H3/t17-/m1/s1. The largest absolute Gasteiger partial charge is 0.497 e. The monoisotopic (exact) mass is 265 g/mol. The van der Waals surface area contributed by atoms with E-state index in [9.17, 15) is 5.11 Å². The quantitative estimate of drug-likeness (QED) is 0.790. The first kappa shape index (κ1) is 12.6. The molecule has 100 valence electrons. The summed E-state index contributed by atoms with van der Waals surface area (Å²) in [4.78, 5) is 4.51. The fraction of sp³-hybridized carbons (Fsp3) is 0.118. The van der Waals surface area contributed by atoms with Crippen molar-refractivity contribution >= 4 is 10.9 Å². The van der Waals surface area contributed by atoms with Crippen molar-refractivity contribution in [1.82, 2.24) is 4.98 Å². The van der Waals surface area contributed by atoms with Gasteiger partial charge < -0.3 is 9.84 Å². The van der Waals surface area contributed by atoms with Crippen molar-refractivity contribution in [2.45, 2.75) is 6.10 Å². The minimum Gasteiger partial charge on any atom is -0.497 e. The van der Waals surface area contributed by atoms with E-state index >= 15 is 0 Å². The van der Waals surface area contributed by atoms with Crippen LogP contribution in [-0.2, 0) is 0 Å². The molecule has 0 aliphatic heterocycles. The number of para-hydroxylation sites is 1. The van der Waals surface area contributed by atoms with Gasteiger partial charge in [-0.3, -0.25) is 0 Å². The highest BCUT2D eigenvalue weighted by Gasteiger charge is 2.12. The lowest BCUT2D eigenvalue weighted by atomic mass is 10.0. The second kappa shape index (κ2) is 5.31. The van der Waals surface area contributed by atoms with Gasteiger partial charge in [-0.25, -0.2) is 4.98 Å². The first-order valence-electron chi connectivity index (χ1n) is 6.45. The first-order chi connectivity index (χ1) is 9.78. The van der Waals surface area contributed by atoms with E-state index in [2.05, 4.69) is 4.98 Å². The van der Waals surface area contributed by atoms with Crippen LogP contribution in [0.3, 0.4) is 0 Å². The van der Waals surface area contributed by atoms with Gasteiger partial charge in [0.15, 0.2) is 0 Å². The lowest BCUT2D eigenvalue weighted by molar-refractivity contribution is 0.215. The maximum Gasteiger partial charge on any atom is 0.121 e. The third-order valence-corrected chi connectivity index (χ3v) is 3.33. The predicted molar refractivity (Wildman–Crippen MR) is 78.8 cm³/mol. The van der Waals surface area contributed by atoms with E-state index in [0.29, 0.717) is 5.69 Å². The zero-order valence-corrected chi connectivity index (χ0v) is 11.2. The predicted octanol–water partition coefficient (Wildman–Crippen LogP) is 3.33. The van der Waals surface area contributed by atoms with E-state index < -0.39 is 6.10 Å². The third-order valence-electron chi connectivity index (χ3n) is 3.33. The third kappa shape index (κ3) is 2.36. The molecule has 0 radical (unpaired) electrons. The van der Waals surface area contributed by atoms with Crippen LogP contribution in [0.25, 0.3) is 10.9 Å². The summed E-state index contributed by atoms with van der Waals surface area (Å²) in [5, 5.41) is 11.5. The van der Waals surface area contributed by atoms with Gasteiger partial charge in [-0.15, -0.1) is 0 Å². The molecule has 0 aliphatic rings. The number of fused-ring (bicyclic) bond motifs is 1. The smallest absolute Gasteiger partial charge is 0.121 e. The molecule has 0 aliphatic carbocycles. The molecular formula is C17H15NO2. The van der Waals surface area contributed by atoms with Crippen molar-refractivity contribution in [2.24, 2.45) is 0 Å². The van der Waals surface area contributed by atoms with Crippen molar-refractivity contribution in [1.29, 1.82) is 0 Å². The maximum absolute atomic E-state index is 10.4. The average Bonchev–Trinajstić information content (AvgIpc) is 2.54. The highest BCUT2D eigenvalue weighted by atomic mass is 16.5. The second-order valence-electron chi connectivity index (χ2n) is 4.60. The van der Waals surface area contributed by atoms with Crippen LogP contribution < -0.4 is 4.74 Å². The Balaban J connectivity index is 1.96. The van der Waals surface area contributed by atoms with E-state index in [1.54, 1.807) is 7.11 Å². The number of hydrogen-bond acceptors (Lipinski definition) is 3. The summed E-state index contributed by atoms with van der Waals surface area (Å²) in [5.74, 6) is 0.771. The molecule has 1 atom stereocenters. The number of benzene rings is 2. The summed E-state index contributed by atoms with van der Waals surface area (Å²) < 4.78 is 5.12. The topological polar surface area (TPSA) is 42.4 Å². The Morgan fingerprint density at radius 2 is 1.70 bits per heavy atom. The molecule has 1 heterocycles. The minimum atomic E-state index is -0.731. The summed E-state index contributed by atoms with van der Waals surface area (Å²) in [6.45, 7) is 0. The molecule has 3 aromatic rings. The molecule has 3 rings (SSSR count). The van der Waals surface area contributed by atoms with Crippen LogP contribution in [0, 0.1) is 0 Å². The normalized spacial score (nSPS) is 12.3. The molecule has 3 nitrogen and oxygen atoms in total. The van der Waals surface area contributed by atoms with Crippen LogP contribution in [-0.4, -0.2) is 17.2 Å². The molecule has 1 N–H and O–H groups in total. The molecule has 1 aromatic heterocycles. The number of rotatable bonds is 3. The van der Waals surface area contributed by atoms with Gasteiger partial charge in [0.25, 0.3) is 0 Å². The Morgan fingerprint density at radius 3 is 2.45 bits per heavy atom. The van der Waals surface area contributed by atoms with Crippen LogP contribution in [0.15, 0.2) is 60.7 Å². The summed E-state index contributed by atoms with van der Waals surface area (Å²) in [5.41, 5.74) is 2.33. The van der Waals surface area contributed by atoms with Crippen LogP contribution >= 0.6 is 0 Å². The molecule has 2 aromatic carbocycles. The lowest BCUT2D eigenvalue weighted by Gasteiger charge is -2.12. The van der Waals surface area contributed by atoms with Gasteiger partial charge in [0.05, 0.1) is 18.3 Å².